The smallest absolute Gasteiger partial charge is 0.319 e. The van der Waals surface area contributed by atoms with Crippen molar-refractivity contribution in [2.24, 2.45) is 0 Å². The molecule has 0 unspecified atom stereocenters. The van der Waals surface area contributed by atoms with Gasteiger partial charge in [0.15, 0.2) is 0 Å². The predicted octanol–water partition coefficient (Wildman–Crippen LogP) is 4.41. The number of nitrogens with one attached hydrogen (secondary N) is 2. The molecular formula is C16H19Cl2N3O3S2. The summed E-state index contributed by atoms with van der Waals surface area (Å²) in [6.07, 6.45) is 0. The van der Waals surface area contributed by atoms with Crippen molar-refractivity contribution in [1.82, 2.24) is 9.62 Å². The fourth-order valence-corrected chi connectivity index (χ4v) is 5.41. The molecule has 10 heteroatoms. The number of benzene rings is 1. The highest BCUT2D eigenvalue weighted by molar-refractivity contribution is 7.91. The van der Waals surface area contributed by atoms with Crippen LogP contribution in [-0.2, 0) is 16.6 Å². The highest BCUT2D eigenvalue weighted by atomic mass is 35.5. The van der Waals surface area contributed by atoms with E-state index in [4.69, 9.17) is 23.2 Å². The van der Waals surface area contributed by atoms with Gasteiger partial charge in [-0.05, 0) is 30.3 Å². The minimum atomic E-state index is -3.48. The number of carbonyl (C=O) groups is 1. The van der Waals surface area contributed by atoms with E-state index in [9.17, 15) is 13.2 Å². The number of nitrogens with zero attached hydrogens (tertiary/aromatic N) is 1. The Morgan fingerprint density at radius 2 is 1.81 bits per heavy atom. The van der Waals surface area contributed by atoms with Gasteiger partial charge in [-0.1, -0.05) is 37.0 Å². The minimum Gasteiger partial charge on any atom is -0.333 e. The molecule has 0 atom stereocenters. The molecule has 0 aliphatic rings. The molecule has 0 aliphatic carbocycles. The van der Waals surface area contributed by atoms with Crippen LogP contribution in [0.1, 0.15) is 18.7 Å². The molecule has 0 spiro atoms. The molecule has 0 bridgehead atoms. The zero-order valence-corrected chi connectivity index (χ0v) is 17.4. The molecule has 1 heterocycles. The predicted molar refractivity (Wildman–Crippen MR) is 107 cm³/mol. The van der Waals surface area contributed by atoms with Crippen LogP contribution in [0.2, 0.25) is 10.0 Å². The van der Waals surface area contributed by atoms with Gasteiger partial charge in [-0.2, -0.15) is 4.31 Å². The van der Waals surface area contributed by atoms with Crippen LogP contribution >= 0.6 is 34.5 Å². The molecule has 0 saturated carbocycles. The van der Waals surface area contributed by atoms with Crippen LogP contribution in [0.3, 0.4) is 0 Å². The first-order valence-corrected chi connectivity index (χ1v) is 10.9. The Morgan fingerprint density at radius 3 is 2.42 bits per heavy atom. The summed E-state index contributed by atoms with van der Waals surface area (Å²) in [7, 11) is -3.48. The quantitative estimate of drug-likeness (QED) is 0.675. The SMILES string of the molecule is CCN(CC)S(=O)(=O)c1ccc(CNC(=O)Nc2ccc(Cl)c(Cl)c2)s1. The molecule has 142 valence electrons. The molecule has 6 nitrogen and oxygen atoms in total. The van der Waals surface area contributed by atoms with E-state index >= 15 is 0 Å². The summed E-state index contributed by atoms with van der Waals surface area (Å²) in [4.78, 5) is 12.7. The summed E-state index contributed by atoms with van der Waals surface area (Å²) < 4.78 is 26.6. The van der Waals surface area contributed by atoms with Crippen molar-refractivity contribution in [2.45, 2.75) is 24.6 Å². The Bertz CT molecular complexity index is 881. The van der Waals surface area contributed by atoms with Gasteiger partial charge in [-0.25, -0.2) is 13.2 Å². The Hall–Kier alpha value is -1.32. The van der Waals surface area contributed by atoms with Crippen LogP contribution in [0.25, 0.3) is 0 Å². The number of halogens is 2. The monoisotopic (exact) mass is 435 g/mol. The average Bonchev–Trinajstić information content (AvgIpc) is 3.07. The number of sulfonamides is 1. The first-order chi connectivity index (χ1) is 12.3. The molecule has 0 saturated heterocycles. The summed E-state index contributed by atoms with van der Waals surface area (Å²) in [5, 5.41) is 6.06. The lowest BCUT2D eigenvalue weighted by atomic mass is 10.3. The fraction of sp³-hybridized carbons (Fsp3) is 0.312. The largest absolute Gasteiger partial charge is 0.333 e. The standard InChI is InChI=1S/C16H19Cl2N3O3S2/c1-3-21(4-2)26(23,24)15-8-6-12(25-15)10-19-16(22)20-11-5-7-13(17)14(18)9-11/h5-9H,3-4,10H2,1-2H3,(H2,19,20,22). The summed E-state index contributed by atoms with van der Waals surface area (Å²) in [5.74, 6) is 0. The maximum absolute atomic E-state index is 12.5. The van der Waals surface area contributed by atoms with Crippen LogP contribution in [0.4, 0.5) is 10.5 Å². The van der Waals surface area contributed by atoms with Crippen molar-refractivity contribution in [3.05, 3.63) is 45.3 Å². The van der Waals surface area contributed by atoms with Crippen molar-refractivity contribution in [1.29, 1.82) is 0 Å². The van der Waals surface area contributed by atoms with Gasteiger partial charge in [0.05, 0.1) is 16.6 Å². The molecule has 0 fully saturated rings. The van der Waals surface area contributed by atoms with Crippen molar-refractivity contribution >= 4 is 56.3 Å². The van der Waals surface area contributed by atoms with E-state index in [0.29, 0.717) is 28.8 Å². The Kier molecular flexibility index (Phi) is 7.31. The van der Waals surface area contributed by atoms with Crippen LogP contribution in [0.15, 0.2) is 34.5 Å². The number of rotatable bonds is 7. The summed E-state index contributed by atoms with van der Waals surface area (Å²) in [5.41, 5.74) is 0.507. The van der Waals surface area contributed by atoms with Crippen molar-refractivity contribution < 1.29 is 13.2 Å². The second-order valence-electron chi connectivity index (χ2n) is 5.25. The molecule has 26 heavy (non-hydrogen) atoms. The zero-order valence-electron chi connectivity index (χ0n) is 14.3. The third kappa shape index (κ3) is 5.11. The number of hydrogen-bond donors (Lipinski definition) is 2. The average molecular weight is 436 g/mol. The number of carbonyl (C=O) groups excluding carboxylic acids is 1. The summed E-state index contributed by atoms with van der Waals surface area (Å²) >= 11 is 12.9. The number of urea groups is 1. The first-order valence-electron chi connectivity index (χ1n) is 7.86. The lowest BCUT2D eigenvalue weighted by molar-refractivity contribution is 0.252. The van der Waals surface area contributed by atoms with Crippen LogP contribution in [-0.4, -0.2) is 31.8 Å². The highest BCUT2D eigenvalue weighted by Crippen LogP contribution is 2.26. The second-order valence-corrected chi connectivity index (χ2v) is 9.39. The number of amides is 2. The third-order valence-corrected chi connectivity index (χ3v) is 7.88. The first kappa shape index (κ1) is 21.0. The van der Waals surface area contributed by atoms with Crippen LogP contribution < -0.4 is 10.6 Å². The van der Waals surface area contributed by atoms with E-state index in [1.54, 1.807) is 44.2 Å². The molecule has 2 N–H and O–H groups in total. The van der Waals surface area contributed by atoms with Crippen molar-refractivity contribution in [3.8, 4) is 0 Å². The molecule has 0 aliphatic heterocycles. The normalized spacial score (nSPS) is 11.6. The Labute approximate surface area is 167 Å². The second kappa shape index (κ2) is 9.05. The van der Waals surface area contributed by atoms with E-state index in [1.807, 2.05) is 0 Å². The lowest BCUT2D eigenvalue weighted by Crippen LogP contribution is -2.30. The molecule has 1 aromatic carbocycles. The van der Waals surface area contributed by atoms with Gasteiger partial charge >= 0.3 is 6.03 Å². The fourth-order valence-electron chi connectivity index (χ4n) is 2.20. The van der Waals surface area contributed by atoms with E-state index in [2.05, 4.69) is 10.6 Å². The molecule has 2 amide bonds. The van der Waals surface area contributed by atoms with Crippen molar-refractivity contribution in [3.63, 3.8) is 0 Å². The molecule has 2 aromatic rings. The Morgan fingerprint density at radius 1 is 1.12 bits per heavy atom. The molecule has 0 radical (unpaired) electrons. The number of hydrogen-bond acceptors (Lipinski definition) is 4. The van der Waals surface area contributed by atoms with E-state index < -0.39 is 16.1 Å². The summed E-state index contributed by atoms with van der Waals surface area (Å²) in [6.45, 7) is 4.63. The zero-order chi connectivity index (χ0) is 19.3. The third-order valence-electron chi connectivity index (χ3n) is 3.54. The van der Waals surface area contributed by atoms with Gasteiger partial charge in [0.1, 0.15) is 4.21 Å². The van der Waals surface area contributed by atoms with Gasteiger partial charge < -0.3 is 10.6 Å². The number of thiophene rings is 1. The molecular weight excluding hydrogens is 417 g/mol. The molecule has 2 rings (SSSR count). The number of anilines is 1. The summed E-state index contributed by atoms with van der Waals surface area (Å²) in [6, 6.07) is 7.59. The van der Waals surface area contributed by atoms with Gasteiger partial charge in [-0.15, -0.1) is 11.3 Å². The van der Waals surface area contributed by atoms with Gasteiger partial charge in [0, 0.05) is 23.7 Å². The van der Waals surface area contributed by atoms with E-state index in [-0.39, 0.29) is 10.8 Å². The van der Waals surface area contributed by atoms with Gasteiger partial charge in [-0.3, -0.25) is 0 Å². The minimum absolute atomic E-state index is 0.214. The molecule has 1 aromatic heterocycles. The van der Waals surface area contributed by atoms with Crippen molar-refractivity contribution in [2.75, 3.05) is 18.4 Å². The maximum atomic E-state index is 12.5. The van der Waals surface area contributed by atoms with Crippen LogP contribution in [0, 0.1) is 0 Å². The van der Waals surface area contributed by atoms with Gasteiger partial charge in [0.25, 0.3) is 10.0 Å². The topological polar surface area (TPSA) is 78.5 Å². The lowest BCUT2D eigenvalue weighted by Gasteiger charge is -2.16. The van der Waals surface area contributed by atoms with Crippen LogP contribution in [0.5, 0.6) is 0 Å². The highest BCUT2D eigenvalue weighted by Gasteiger charge is 2.23. The van der Waals surface area contributed by atoms with Gasteiger partial charge in [0.2, 0.25) is 0 Å². The van der Waals surface area contributed by atoms with E-state index in [1.165, 1.54) is 4.31 Å². The Balaban J connectivity index is 1.97. The van der Waals surface area contributed by atoms with E-state index in [0.717, 1.165) is 16.2 Å². The maximum Gasteiger partial charge on any atom is 0.319 e.